The second kappa shape index (κ2) is 6.03. The van der Waals surface area contributed by atoms with Crippen LogP contribution in [0, 0.1) is 30.9 Å². The number of aryl methyl sites for hydroxylation is 2. The van der Waals surface area contributed by atoms with Crippen LogP contribution in [0.1, 0.15) is 45.8 Å². The average Bonchev–Trinajstić information content (AvgIpc) is 2.84. The molecule has 0 aliphatic rings. The largest absolute Gasteiger partial charge is 0.342 e. The quantitative estimate of drug-likeness (QED) is 0.579. The number of carbonyl (C=O) groups excluding carboxylic acids is 1. The highest BCUT2D eigenvalue weighted by Gasteiger charge is 2.25. The van der Waals surface area contributed by atoms with Crippen LogP contribution in [0.5, 0.6) is 0 Å². The molecule has 23 heavy (non-hydrogen) atoms. The topological polar surface area (TPSA) is 134 Å². The fourth-order valence-electron chi connectivity index (χ4n) is 2.63. The van der Waals surface area contributed by atoms with Gasteiger partial charge in [0.25, 0.3) is 11.6 Å². The van der Waals surface area contributed by atoms with Gasteiger partial charge in [-0.1, -0.05) is 0 Å². The summed E-state index contributed by atoms with van der Waals surface area (Å²) in [5.74, 6) is -0.181. The number of benzene rings is 1. The molecule has 0 spiro atoms. The van der Waals surface area contributed by atoms with Crippen LogP contribution in [0.3, 0.4) is 0 Å². The SMILES string of the molecule is Cc1cc(C)c([N+](=O)[O-])c(C)c1C(=O)N[C@@H](C)c1n[nH]c(=O)[nH]1. The van der Waals surface area contributed by atoms with Crippen molar-refractivity contribution in [2.75, 3.05) is 0 Å². The van der Waals surface area contributed by atoms with Gasteiger partial charge in [-0.3, -0.25) is 19.9 Å². The van der Waals surface area contributed by atoms with Crippen LogP contribution in [0.25, 0.3) is 0 Å². The number of amides is 1. The van der Waals surface area contributed by atoms with E-state index >= 15 is 0 Å². The molecule has 3 N–H and O–H groups in total. The summed E-state index contributed by atoms with van der Waals surface area (Å²) in [5, 5.41) is 19.8. The molecule has 1 aromatic heterocycles. The summed E-state index contributed by atoms with van der Waals surface area (Å²) in [5.41, 5.74) is 1.18. The van der Waals surface area contributed by atoms with Gasteiger partial charge in [-0.2, -0.15) is 5.10 Å². The number of rotatable bonds is 4. The minimum absolute atomic E-state index is 0.0680. The van der Waals surface area contributed by atoms with Crippen molar-refractivity contribution in [3.05, 3.63) is 54.7 Å². The standard InChI is InChI=1S/C14H17N5O4/c1-6-5-7(2)11(19(22)23)8(3)10(6)13(20)15-9(4)12-16-14(21)18-17-12/h5,9H,1-4H3,(H,15,20)(H2,16,17,18,21)/t9-/m0/s1. The first-order chi connectivity index (χ1) is 10.7. The Morgan fingerprint density at radius 3 is 2.52 bits per heavy atom. The van der Waals surface area contributed by atoms with E-state index in [2.05, 4.69) is 20.5 Å². The highest BCUT2D eigenvalue weighted by atomic mass is 16.6. The molecule has 2 aromatic rings. The first-order valence-corrected chi connectivity index (χ1v) is 6.93. The lowest BCUT2D eigenvalue weighted by molar-refractivity contribution is -0.386. The predicted octanol–water partition coefficient (Wildman–Crippen LogP) is 1.42. The predicted molar refractivity (Wildman–Crippen MR) is 82.4 cm³/mol. The molecule has 2 rings (SSSR count). The van der Waals surface area contributed by atoms with E-state index in [4.69, 9.17) is 0 Å². The Morgan fingerprint density at radius 1 is 1.35 bits per heavy atom. The Bertz CT molecular complexity index is 836. The Kier molecular flexibility index (Phi) is 4.30. The Hall–Kier alpha value is -2.97. The molecule has 0 saturated heterocycles. The summed E-state index contributed by atoms with van der Waals surface area (Å²) >= 11 is 0. The molecule has 0 aliphatic heterocycles. The van der Waals surface area contributed by atoms with Crippen molar-refractivity contribution in [2.45, 2.75) is 33.7 Å². The van der Waals surface area contributed by atoms with E-state index in [-0.39, 0.29) is 17.1 Å². The van der Waals surface area contributed by atoms with Gasteiger partial charge in [0.2, 0.25) is 0 Å². The monoisotopic (exact) mass is 319 g/mol. The summed E-state index contributed by atoms with van der Waals surface area (Å²) in [6.07, 6.45) is 0. The molecule has 9 nitrogen and oxygen atoms in total. The van der Waals surface area contributed by atoms with E-state index in [1.807, 2.05) is 0 Å². The number of H-pyrrole nitrogens is 2. The highest BCUT2D eigenvalue weighted by molar-refractivity contribution is 5.98. The van der Waals surface area contributed by atoms with Gasteiger partial charge in [0, 0.05) is 11.1 Å². The third-order valence-electron chi connectivity index (χ3n) is 3.62. The molecule has 122 valence electrons. The summed E-state index contributed by atoms with van der Waals surface area (Å²) in [6, 6.07) is 1.06. The molecular weight excluding hydrogens is 302 g/mol. The maximum atomic E-state index is 12.5. The van der Waals surface area contributed by atoms with E-state index in [1.165, 1.54) is 0 Å². The molecule has 0 saturated carbocycles. The van der Waals surface area contributed by atoms with Crippen molar-refractivity contribution >= 4 is 11.6 Å². The van der Waals surface area contributed by atoms with Crippen LogP contribution >= 0.6 is 0 Å². The summed E-state index contributed by atoms with van der Waals surface area (Å²) < 4.78 is 0. The zero-order chi connectivity index (χ0) is 17.3. The van der Waals surface area contributed by atoms with E-state index in [1.54, 1.807) is 33.8 Å². The summed E-state index contributed by atoms with van der Waals surface area (Å²) in [7, 11) is 0. The first kappa shape index (κ1) is 16.4. The zero-order valence-corrected chi connectivity index (χ0v) is 13.2. The number of hydrogen-bond acceptors (Lipinski definition) is 5. The number of nitrogens with zero attached hydrogens (tertiary/aromatic N) is 2. The van der Waals surface area contributed by atoms with E-state index < -0.39 is 22.6 Å². The van der Waals surface area contributed by atoms with E-state index in [9.17, 15) is 19.7 Å². The van der Waals surface area contributed by atoms with Crippen LogP contribution in [0.2, 0.25) is 0 Å². The number of nitrogens with one attached hydrogen (secondary N) is 3. The third kappa shape index (κ3) is 3.12. The highest BCUT2D eigenvalue weighted by Crippen LogP contribution is 2.29. The van der Waals surface area contributed by atoms with Crippen molar-refractivity contribution in [3.63, 3.8) is 0 Å². The van der Waals surface area contributed by atoms with E-state index in [0.29, 0.717) is 16.7 Å². The van der Waals surface area contributed by atoms with Crippen LogP contribution in [-0.4, -0.2) is 26.0 Å². The Morgan fingerprint density at radius 2 is 2.00 bits per heavy atom. The van der Waals surface area contributed by atoms with Gasteiger partial charge in [-0.25, -0.2) is 9.89 Å². The lowest BCUT2D eigenvalue weighted by Crippen LogP contribution is -2.29. The number of nitro groups is 1. The van der Waals surface area contributed by atoms with Gasteiger partial charge in [0.05, 0.1) is 16.5 Å². The van der Waals surface area contributed by atoms with Gasteiger partial charge >= 0.3 is 5.69 Å². The van der Waals surface area contributed by atoms with Crippen molar-refractivity contribution in [1.29, 1.82) is 0 Å². The Balaban J connectivity index is 2.38. The lowest BCUT2D eigenvalue weighted by atomic mass is 9.96. The maximum Gasteiger partial charge on any atom is 0.340 e. The van der Waals surface area contributed by atoms with Crippen LogP contribution in [-0.2, 0) is 0 Å². The van der Waals surface area contributed by atoms with Gasteiger partial charge in [0.15, 0.2) is 5.82 Å². The fourth-order valence-corrected chi connectivity index (χ4v) is 2.63. The molecule has 9 heteroatoms. The van der Waals surface area contributed by atoms with Gasteiger partial charge in [0.1, 0.15) is 0 Å². The van der Waals surface area contributed by atoms with Crippen molar-refractivity contribution < 1.29 is 9.72 Å². The first-order valence-electron chi connectivity index (χ1n) is 6.93. The lowest BCUT2D eigenvalue weighted by Gasteiger charge is -2.15. The van der Waals surface area contributed by atoms with E-state index in [0.717, 1.165) is 0 Å². The number of nitro benzene ring substituents is 1. The van der Waals surface area contributed by atoms with Crippen molar-refractivity contribution in [2.24, 2.45) is 0 Å². The normalized spacial score (nSPS) is 12.0. The maximum absolute atomic E-state index is 12.5. The molecule has 0 unspecified atom stereocenters. The molecule has 1 amide bonds. The van der Waals surface area contributed by atoms with Gasteiger partial charge < -0.3 is 5.32 Å². The van der Waals surface area contributed by atoms with Gasteiger partial charge in [-0.05, 0) is 39.3 Å². The molecule has 0 fully saturated rings. The molecule has 0 aliphatic carbocycles. The molecule has 0 bridgehead atoms. The number of aromatic amines is 2. The van der Waals surface area contributed by atoms with Crippen LogP contribution in [0.15, 0.2) is 10.9 Å². The van der Waals surface area contributed by atoms with Crippen LogP contribution in [0.4, 0.5) is 5.69 Å². The smallest absolute Gasteiger partial charge is 0.340 e. The molecule has 1 aromatic carbocycles. The number of hydrogen-bond donors (Lipinski definition) is 3. The summed E-state index contributed by atoms with van der Waals surface area (Å²) in [4.78, 5) is 36.7. The number of carbonyl (C=O) groups is 1. The molecule has 0 radical (unpaired) electrons. The molecule has 1 atom stereocenters. The zero-order valence-electron chi connectivity index (χ0n) is 13.2. The van der Waals surface area contributed by atoms with Gasteiger partial charge in [-0.15, -0.1) is 0 Å². The van der Waals surface area contributed by atoms with Crippen molar-refractivity contribution in [1.82, 2.24) is 20.5 Å². The van der Waals surface area contributed by atoms with Crippen LogP contribution < -0.4 is 11.0 Å². The molecule has 1 heterocycles. The fraction of sp³-hybridized carbons (Fsp3) is 0.357. The minimum atomic E-state index is -0.555. The second-order valence-corrected chi connectivity index (χ2v) is 5.37. The summed E-state index contributed by atoms with van der Waals surface area (Å²) in [6.45, 7) is 6.56. The average molecular weight is 319 g/mol. The third-order valence-corrected chi connectivity index (χ3v) is 3.62. The minimum Gasteiger partial charge on any atom is -0.342 e. The molecular formula is C14H17N5O4. The second-order valence-electron chi connectivity index (χ2n) is 5.37. The number of aromatic nitrogens is 3. The van der Waals surface area contributed by atoms with Crippen molar-refractivity contribution in [3.8, 4) is 0 Å². The Labute approximate surface area is 131 Å².